The summed E-state index contributed by atoms with van der Waals surface area (Å²) in [6.45, 7) is 3.63. The van der Waals surface area contributed by atoms with Gasteiger partial charge in [-0.3, -0.25) is 18.6 Å². The lowest BCUT2D eigenvalue weighted by atomic mass is 10.0. The van der Waals surface area contributed by atoms with E-state index in [0.29, 0.717) is 6.42 Å². The van der Waals surface area contributed by atoms with Gasteiger partial charge in [0.1, 0.15) is 6.61 Å². The monoisotopic (exact) mass is 1050 g/mol. The second-order valence-electron chi connectivity index (χ2n) is 20.5. The highest BCUT2D eigenvalue weighted by Gasteiger charge is 2.26. The minimum Gasteiger partial charge on any atom is -0.462 e. The molecule has 0 rings (SSSR count). The number of carbonyl (C=O) groups excluding carboxylic acids is 2. The highest BCUT2D eigenvalue weighted by atomic mass is 31.2. The molecule has 0 aliphatic heterocycles. The van der Waals surface area contributed by atoms with Gasteiger partial charge >= 0.3 is 19.8 Å². The molecule has 3 N–H and O–H groups in total. The summed E-state index contributed by atoms with van der Waals surface area (Å²) in [6.07, 6.45) is 74.6. The van der Waals surface area contributed by atoms with Gasteiger partial charge in [-0.2, -0.15) is 0 Å². The normalized spacial score (nSPS) is 13.4. The molecule has 0 saturated carbocycles. The molecular weight excluding hydrogens is 930 g/mol. The summed E-state index contributed by atoms with van der Waals surface area (Å²) in [4.78, 5) is 35.1. The average Bonchev–Trinajstić information content (AvgIpc) is 3.38. The molecule has 0 aliphatic rings. The van der Waals surface area contributed by atoms with Crippen molar-refractivity contribution in [1.82, 2.24) is 0 Å². The first-order valence-corrected chi connectivity index (χ1v) is 32.3. The van der Waals surface area contributed by atoms with E-state index in [1.54, 1.807) is 0 Å². The van der Waals surface area contributed by atoms with Crippen LogP contribution in [0.4, 0.5) is 0 Å². The number of phosphoric acid groups is 1. The molecule has 0 aromatic rings. The quantitative estimate of drug-likeness (QED) is 0.0264. The molecule has 426 valence electrons. The minimum atomic E-state index is -4.39. The van der Waals surface area contributed by atoms with E-state index >= 15 is 0 Å². The van der Waals surface area contributed by atoms with Crippen LogP contribution >= 0.6 is 7.82 Å². The lowest BCUT2D eigenvalue weighted by Crippen LogP contribution is -2.29. The third kappa shape index (κ3) is 58.8. The van der Waals surface area contributed by atoms with Gasteiger partial charge in [-0.15, -0.1) is 0 Å². The van der Waals surface area contributed by atoms with Gasteiger partial charge in [0.05, 0.1) is 13.2 Å². The van der Waals surface area contributed by atoms with E-state index < -0.39 is 26.5 Å². The zero-order chi connectivity index (χ0) is 53.1. The van der Waals surface area contributed by atoms with Crippen LogP contribution < -0.4 is 5.73 Å². The number of unbranched alkanes of at least 4 members (excludes halogenated alkanes) is 35. The zero-order valence-corrected chi connectivity index (χ0v) is 48.5. The molecule has 2 unspecified atom stereocenters. The minimum absolute atomic E-state index is 0.0480. The largest absolute Gasteiger partial charge is 0.472 e. The van der Waals surface area contributed by atoms with Crippen LogP contribution in [0.2, 0.25) is 0 Å². The van der Waals surface area contributed by atoms with E-state index in [1.807, 2.05) is 0 Å². The van der Waals surface area contributed by atoms with Crippen LogP contribution in [0.15, 0.2) is 60.8 Å². The Hall–Kier alpha value is -2.29. The fourth-order valence-corrected chi connectivity index (χ4v) is 9.63. The van der Waals surface area contributed by atoms with Crippen LogP contribution in [0.3, 0.4) is 0 Å². The summed E-state index contributed by atoms with van der Waals surface area (Å²) in [7, 11) is -4.39. The smallest absolute Gasteiger partial charge is 0.462 e. The van der Waals surface area contributed by atoms with Crippen LogP contribution in [0.5, 0.6) is 0 Å². The summed E-state index contributed by atoms with van der Waals surface area (Å²) < 4.78 is 33.0. The predicted molar refractivity (Wildman–Crippen MR) is 312 cm³/mol. The molecule has 73 heavy (non-hydrogen) atoms. The Labute approximate surface area is 450 Å². The Morgan fingerprint density at radius 2 is 0.753 bits per heavy atom. The molecule has 0 heterocycles. The Balaban J connectivity index is 3.83. The number of nitrogens with two attached hydrogens (primary N) is 1. The molecule has 0 aromatic carbocycles. The van der Waals surface area contributed by atoms with Crippen LogP contribution in [0.1, 0.15) is 296 Å². The SMILES string of the molecule is CC/C=C\C/C=C\C/C=C\C/C=C\CCCCCCC(=O)OC(COC(=O)CCCCCCCCCCCCCCCCCCCCCCCCC/C=C\CCCCCCCCCC)COP(=O)(O)OCCN. The maximum atomic E-state index is 12.7. The molecule has 0 spiro atoms. The average molecular weight is 1050 g/mol. The Kier molecular flexibility index (Phi) is 57.1. The summed E-state index contributed by atoms with van der Waals surface area (Å²) in [5, 5.41) is 0. The predicted octanol–water partition coefficient (Wildman–Crippen LogP) is 19.5. The van der Waals surface area contributed by atoms with Gasteiger partial charge in [0.25, 0.3) is 0 Å². The van der Waals surface area contributed by atoms with Gasteiger partial charge in [-0.1, -0.05) is 267 Å². The fraction of sp³-hybridized carbons (Fsp3) is 0.810. The molecule has 9 nitrogen and oxygen atoms in total. The molecular formula is C63H116NO8P. The van der Waals surface area contributed by atoms with E-state index in [2.05, 4.69) is 74.6 Å². The van der Waals surface area contributed by atoms with Crippen LogP contribution in [-0.4, -0.2) is 49.3 Å². The van der Waals surface area contributed by atoms with Crippen molar-refractivity contribution in [3.8, 4) is 0 Å². The maximum Gasteiger partial charge on any atom is 0.472 e. The van der Waals surface area contributed by atoms with Crippen molar-refractivity contribution in [1.29, 1.82) is 0 Å². The molecule has 0 fully saturated rings. The molecule has 0 bridgehead atoms. The van der Waals surface area contributed by atoms with Crippen molar-refractivity contribution in [3.63, 3.8) is 0 Å². The van der Waals surface area contributed by atoms with Crippen molar-refractivity contribution in [2.24, 2.45) is 5.73 Å². The van der Waals surface area contributed by atoms with Crippen molar-refractivity contribution >= 4 is 19.8 Å². The molecule has 0 saturated heterocycles. The Morgan fingerprint density at radius 3 is 1.14 bits per heavy atom. The highest BCUT2D eigenvalue weighted by molar-refractivity contribution is 7.47. The van der Waals surface area contributed by atoms with E-state index in [0.717, 1.165) is 70.6 Å². The number of hydrogen-bond donors (Lipinski definition) is 2. The first-order valence-electron chi connectivity index (χ1n) is 30.8. The first kappa shape index (κ1) is 70.7. The first-order chi connectivity index (χ1) is 35.8. The second-order valence-corrected chi connectivity index (χ2v) is 22.0. The van der Waals surface area contributed by atoms with E-state index in [-0.39, 0.29) is 38.6 Å². The van der Waals surface area contributed by atoms with Crippen molar-refractivity contribution in [3.05, 3.63) is 60.8 Å². The molecule has 0 aromatic heterocycles. The van der Waals surface area contributed by atoms with Crippen LogP contribution in [0.25, 0.3) is 0 Å². The van der Waals surface area contributed by atoms with Crippen molar-refractivity contribution < 1.29 is 37.6 Å². The number of rotatable bonds is 58. The maximum absolute atomic E-state index is 12.7. The lowest BCUT2D eigenvalue weighted by Gasteiger charge is -2.19. The standard InChI is InChI=1S/C63H116NO8P/c1-3-5-7-9-11-13-15-17-19-21-22-23-24-25-26-27-28-29-30-31-32-33-34-35-36-37-38-40-41-43-45-47-49-51-53-55-62(65)69-59-61(60-71-73(67,68)70-58-57-64)72-63(66)56-54-52-50-48-46-44-42-39-20-18-16-14-12-10-8-6-4-2/h6,8,12,14,18,20-22,42,44,61H,3-5,7,9-11,13,15-17,19,23-41,43,45-60,64H2,1-2H3,(H,67,68)/b8-6-,14-12-,20-18-,22-21-,44-42-. The van der Waals surface area contributed by atoms with Crippen LogP contribution in [-0.2, 0) is 32.7 Å². The number of carbonyl (C=O) groups is 2. The molecule has 0 radical (unpaired) electrons. The summed E-state index contributed by atoms with van der Waals surface area (Å²) in [5.41, 5.74) is 5.38. The zero-order valence-electron chi connectivity index (χ0n) is 47.6. The van der Waals surface area contributed by atoms with Crippen molar-refractivity contribution in [2.45, 2.75) is 302 Å². The van der Waals surface area contributed by atoms with Gasteiger partial charge in [0.15, 0.2) is 6.10 Å². The third-order valence-electron chi connectivity index (χ3n) is 13.4. The van der Waals surface area contributed by atoms with Crippen molar-refractivity contribution in [2.75, 3.05) is 26.4 Å². The third-order valence-corrected chi connectivity index (χ3v) is 14.4. The second kappa shape index (κ2) is 59.0. The van der Waals surface area contributed by atoms with E-state index in [9.17, 15) is 19.0 Å². The molecule has 0 amide bonds. The van der Waals surface area contributed by atoms with Gasteiger partial charge in [0.2, 0.25) is 0 Å². The van der Waals surface area contributed by atoms with E-state index in [1.165, 1.54) is 193 Å². The summed E-state index contributed by atoms with van der Waals surface area (Å²) in [5.74, 6) is -0.847. The van der Waals surface area contributed by atoms with Crippen LogP contribution in [0, 0.1) is 0 Å². The molecule has 10 heteroatoms. The number of hydrogen-bond acceptors (Lipinski definition) is 8. The lowest BCUT2D eigenvalue weighted by molar-refractivity contribution is -0.161. The summed E-state index contributed by atoms with van der Waals surface area (Å²) >= 11 is 0. The number of phosphoric ester groups is 1. The Morgan fingerprint density at radius 1 is 0.425 bits per heavy atom. The van der Waals surface area contributed by atoms with Gasteiger partial charge in [-0.05, 0) is 77.0 Å². The van der Waals surface area contributed by atoms with Gasteiger partial charge in [-0.25, -0.2) is 4.57 Å². The molecule has 0 aliphatic carbocycles. The number of allylic oxidation sites excluding steroid dienone is 10. The van der Waals surface area contributed by atoms with Gasteiger partial charge < -0.3 is 20.1 Å². The Bertz CT molecular complexity index is 1380. The fourth-order valence-electron chi connectivity index (χ4n) is 8.86. The highest BCUT2D eigenvalue weighted by Crippen LogP contribution is 2.43. The number of ether oxygens (including phenoxy) is 2. The number of esters is 2. The van der Waals surface area contributed by atoms with Gasteiger partial charge in [0, 0.05) is 19.4 Å². The molecule has 2 atom stereocenters. The topological polar surface area (TPSA) is 134 Å². The van der Waals surface area contributed by atoms with E-state index in [4.69, 9.17) is 24.3 Å². The summed E-state index contributed by atoms with van der Waals surface area (Å²) in [6, 6.07) is 0.